The van der Waals surface area contributed by atoms with E-state index < -0.39 is 0 Å². The van der Waals surface area contributed by atoms with E-state index in [0.717, 1.165) is 49.3 Å². The van der Waals surface area contributed by atoms with E-state index in [2.05, 4.69) is 20.9 Å². The number of carbonyl (C=O) groups excluding carboxylic acids is 1. The summed E-state index contributed by atoms with van der Waals surface area (Å²) in [7, 11) is 1.63. The van der Waals surface area contributed by atoms with Gasteiger partial charge in [-0.1, -0.05) is 24.3 Å². The summed E-state index contributed by atoms with van der Waals surface area (Å²) >= 11 is 0. The molecule has 0 atom stereocenters. The molecule has 2 aromatic rings. The van der Waals surface area contributed by atoms with Gasteiger partial charge in [0.1, 0.15) is 0 Å². The zero-order valence-corrected chi connectivity index (χ0v) is 20.9. The summed E-state index contributed by atoms with van der Waals surface area (Å²) in [6, 6.07) is 14.3. The number of benzene rings is 2. The van der Waals surface area contributed by atoms with Crippen molar-refractivity contribution in [3.05, 3.63) is 75.3 Å². The van der Waals surface area contributed by atoms with Crippen LogP contribution in [-0.4, -0.2) is 43.5 Å². The summed E-state index contributed by atoms with van der Waals surface area (Å²) in [6.07, 6.45) is 3.56. The fourth-order valence-electron chi connectivity index (χ4n) is 3.10. The minimum Gasteiger partial charge on any atom is -0.357 e. The number of hydrogen-bond donors (Lipinski definition) is 3. The van der Waals surface area contributed by atoms with Crippen LogP contribution in [0, 0.1) is 10.1 Å². The number of halogens is 1. The largest absolute Gasteiger partial charge is 0.357 e. The first-order valence-electron chi connectivity index (χ1n) is 10.6. The van der Waals surface area contributed by atoms with Crippen LogP contribution in [0.15, 0.2) is 53.5 Å². The van der Waals surface area contributed by atoms with Crippen LogP contribution in [-0.2, 0) is 12.8 Å². The van der Waals surface area contributed by atoms with Crippen LogP contribution in [0.25, 0.3) is 0 Å². The molecule has 0 aliphatic rings. The monoisotopic (exact) mass is 553 g/mol. The number of aryl methyl sites for hydroxylation is 1. The highest BCUT2D eigenvalue weighted by molar-refractivity contribution is 14.0. The molecule has 0 saturated carbocycles. The molecule has 9 heteroatoms. The Morgan fingerprint density at radius 1 is 1.03 bits per heavy atom. The van der Waals surface area contributed by atoms with Gasteiger partial charge in [-0.3, -0.25) is 19.9 Å². The Labute approximate surface area is 206 Å². The average Bonchev–Trinajstić information content (AvgIpc) is 2.78. The van der Waals surface area contributed by atoms with Gasteiger partial charge in [0.05, 0.1) is 4.92 Å². The summed E-state index contributed by atoms with van der Waals surface area (Å²) in [6.45, 7) is 4.22. The highest BCUT2D eigenvalue weighted by Gasteiger charge is 2.05. The smallest absolute Gasteiger partial charge is 0.269 e. The van der Waals surface area contributed by atoms with Gasteiger partial charge in [0.2, 0.25) is 0 Å². The molecular formula is C23H32IN5O3. The van der Waals surface area contributed by atoms with E-state index in [9.17, 15) is 14.9 Å². The molecule has 174 valence electrons. The van der Waals surface area contributed by atoms with Crippen molar-refractivity contribution in [3.8, 4) is 0 Å². The van der Waals surface area contributed by atoms with Crippen LogP contribution in [0.1, 0.15) is 41.3 Å². The van der Waals surface area contributed by atoms with Gasteiger partial charge >= 0.3 is 0 Å². The van der Waals surface area contributed by atoms with Crippen molar-refractivity contribution < 1.29 is 9.72 Å². The number of unbranched alkanes of at least 4 members (excludes halogenated alkanes) is 1. The maximum Gasteiger partial charge on any atom is 0.269 e. The minimum absolute atomic E-state index is 0. The highest BCUT2D eigenvalue weighted by atomic mass is 127. The predicted molar refractivity (Wildman–Crippen MR) is 139 cm³/mol. The maximum atomic E-state index is 11.8. The first kappa shape index (κ1) is 27.3. The number of nitrogens with one attached hydrogen (secondary N) is 3. The van der Waals surface area contributed by atoms with E-state index in [1.807, 2.05) is 37.3 Å². The van der Waals surface area contributed by atoms with Crippen molar-refractivity contribution in [1.29, 1.82) is 0 Å². The van der Waals surface area contributed by atoms with Crippen LogP contribution in [0.3, 0.4) is 0 Å². The zero-order chi connectivity index (χ0) is 22.5. The molecule has 0 spiro atoms. The lowest BCUT2D eigenvalue weighted by Crippen LogP contribution is -2.38. The fourth-order valence-corrected chi connectivity index (χ4v) is 3.10. The normalized spacial score (nSPS) is 10.8. The number of nitro groups is 1. The summed E-state index contributed by atoms with van der Waals surface area (Å²) < 4.78 is 0. The van der Waals surface area contributed by atoms with Gasteiger partial charge in [-0.2, -0.15) is 0 Å². The molecule has 0 saturated heterocycles. The zero-order valence-electron chi connectivity index (χ0n) is 18.6. The second-order valence-electron chi connectivity index (χ2n) is 7.10. The summed E-state index contributed by atoms with van der Waals surface area (Å²) in [5.41, 5.74) is 2.97. The van der Waals surface area contributed by atoms with E-state index >= 15 is 0 Å². The first-order chi connectivity index (χ1) is 15.0. The van der Waals surface area contributed by atoms with Crippen molar-refractivity contribution in [2.75, 3.05) is 26.7 Å². The topological polar surface area (TPSA) is 109 Å². The summed E-state index contributed by atoms with van der Waals surface area (Å²) in [4.78, 5) is 26.7. The van der Waals surface area contributed by atoms with Crippen molar-refractivity contribution in [3.63, 3.8) is 0 Å². The third-order valence-electron chi connectivity index (χ3n) is 4.76. The standard InChI is InChI=1S/C23H31N5O3.HI/c1-3-25-23(27-16-14-19-8-6-9-20(17-19)22(29)24-2)26-15-5-4-7-18-10-12-21(13-11-18)28(30)31;/h6,8-13,17H,3-5,7,14-16H2,1-2H3,(H,24,29)(H2,25,26,27);1H. The molecule has 3 N–H and O–H groups in total. The van der Waals surface area contributed by atoms with Gasteiger partial charge in [0.25, 0.3) is 11.6 Å². The lowest BCUT2D eigenvalue weighted by Gasteiger charge is -2.11. The number of carbonyl (C=O) groups is 1. The van der Waals surface area contributed by atoms with Gasteiger partial charge in [0, 0.05) is 44.4 Å². The third kappa shape index (κ3) is 9.63. The van der Waals surface area contributed by atoms with Crippen LogP contribution < -0.4 is 16.0 Å². The van der Waals surface area contributed by atoms with E-state index in [1.165, 1.54) is 0 Å². The molecule has 0 fully saturated rings. The van der Waals surface area contributed by atoms with Gasteiger partial charge < -0.3 is 16.0 Å². The number of nitrogens with zero attached hydrogens (tertiary/aromatic N) is 2. The molecule has 0 aromatic heterocycles. The number of hydrogen-bond acceptors (Lipinski definition) is 4. The molecule has 1 amide bonds. The maximum absolute atomic E-state index is 11.8. The molecule has 2 rings (SSSR count). The molecule has 8 nitrogen and oxygen atoms in total. The van der Waals surface area contributed by atoms with Crippen molar-refractivity contribution >= 4 is 41.5 Å². The number of amides is 1. The Bertz CT molecular complexity index is 887. The molecular weight excluding hydrogens is 521 g/mol. The van der Waals surface area contributed by atoms with E-state index in [-0.39, 0.29) is 40.5 Å². The lowest BCUT2D eigenvalue weighted by molar-refractivity contribution is -0.384. The minimum atomic E-state index is -0.383. The summed E-state index contributed by atoms with van der Waals surface area (Å²) in [5.74, 6) is 0.693. The quantitative estimate of drug-likeness (QED) is 0.0983. The van der Waals surface area contributed by atoms with Gasteiger partial charge in [-0.25, -0.2) is 0 Å². The third-order valence-corrected chi connectivity index (χ3v) is 4.76. The second kappa shape index (κ2) is 15.2. The van der Waals surface area contributed by atoms with Gasteiger partial charge in [-0.15, -0.1) is 24.0 Å². The Kier molecular flexibility index (Phi) is 13.0. The number of non-ortho nitro benzene ring substituents is 1. The van der Waals surface area contributed by atoms with E-state index in [4.69, 9.17) is 0 Å². The molecule has 0 aliphatic carbocycles. The lowest BCUT2D eigenvalue weighted by atomic mass is 10.1. The van der Waals surface area contributed by atoms with Gasteiger partial charge in [-0.05, 0) is 55.9 Å². The second-order valence-corrected chi connectivity index (χ2v) is 7.10. The Morgan fingerprint density at radius 2 is 1.78 bits per heavy atom. The molecule has 32 heavy (non-hydrogen) atoms. The van der Waals surface area contributed by atoms with Crippen LogP contribution in [0.5, 0.6) is 0 Å². The summed E-state index contributed by atoms with van der Waals surface area (Å²) in [5, 5.41) is 19.9. The Balaban J connectivity index is 0.00000512. The number of nitro benzene ring substituents is 1. The molecule has 0 radical (unpaired) electrons. The number of aliphatic imine (C=N–C) groups is 1. The van der Waals surface area contributed by atoms with Crippen molar-refractivity contribution in [2.45, 2.75) is 32.6 Å². The molecule has 0 bridgehead atoms. The first-order valence-corrected chi connectivity index (χ1v) is 10.6. The predicted octanol–water partition coefficient (Wildman–Crippen LogP) is 3.69. The van der Waals surface area contributed by atoms with Crippen molar-refractivity contribution in [2.24, 2.45) is 4.99 Å². The number of guanidine groups is 1. The Morgan fingerprint density at radius 3 is 2.44 bits per heavy atom. The van der Waals surface area contributed by atoms with Gasteiger partial charge in [0.15, 0.2) is 5.96 Å². The van der Waals surface area contributed by atoms with Crippen molar-refractivity contribution in [1.82, 2.24) is 16.0 Å². The number of rotatable bonds is 11. The SMILES string of the molecule is CCNC(=NCCCCc1ccc([N+](=O)[O-])cc1)NCCc1cccc(C(=O)NC)c1.I. The van der Waals surface area contributed by atoms with Crippen LogP contribution in [0.2, 0.25) is 0 Å². The van der Waals surface area contributed by atoms with E-state index in [1.54, 1.807) is 25.2 Å². The molecule has 0 unspecified atom stereocenters. The average molecular weight is 553 g/mol. The van der Waals surface area contributed by atoms with E-state index in [0.29, 0.717) is 18.7 Å². The highest BCUT2D eigenvalue weighted by Crippen LogP contribution is 2.13. The van der Waals surface area contributed by atoms with Crippen LogP contribution in [0.4, 0.5) is 5.69 Å². The van der Waals surface area contributed by atoms with Crippen LogP contribution >= 0.6 is 24.0 Å². The molecule has 0 heterocycles. The molecule has 2 aromatic carbocycles. The fraction of sp³-hybridized carbons (Fsp3) is 0.391. The molecule has 0 aliphatic heterocycles. The Hall–Kier alpha value is -2.69.